The van der Waals surface area contributed by atoms with Crippen LogP contribution in [0.25, 0.3) is 0 Å². The Bertz CT molecular complexity index is 192. The Kier molecular flexibility index (Phi) is 3.40. The number of rotatable bonds is 2. The molecule has 14 heavy (non-hydrogen) atoms. The second-order valence-electron chi connectivity index (χ2n) is 4.63. The smallest absolute Gasteiger partial charge is 0.0773 e. The highest BCUT2D eigenvalue weighted by molar-refractivity contribution is 8.00. The van der Waals surface area contributed by atoms with E-state index < -0.39 is 0 Å². The van der Waals surface area contributed by atoms with E-state index >= 15 is 0 Å². The Morgan fingerprint density at radius 3 is 2.71 bits per heavy atom. The molecule has 0 amide bonds. The predicted octanol–water partition coefficient (Wildman–Crippen LogP) is 2.06. The Labute approximate surface area is 90.4 Å². The molecule has 0 saturated carbocycles. The molecule has 82 valence electrons. The largest absolute Gasteiger partial charge is 0.389 e. The third-order valence-corrected chi connectivity index (χ3v) is 5.02. The third-order valence-electron chi connectivity index (χ3n) is 3.64. The number of hydrogen-bond acceptors (Lipinski definition) is 3. The molecule has 0 bridgehead atoms. The number of ether oxygens (including phenoxy) is 1. The van der Waals surface area contributed by atoms with E-state index in [-0.39, 0.29) is 5.60 Å². The molecule has 0 aromatic heterocycles. The Morgan fingerprint density at radius 1 is 1.43 bits per heavy atom. The van der Waals surface area contributed by atoms with Crippen molar-refractivity contribution in [2.75, 3.05) is 19.0 Å². The van der Waals surface area contributed by atoms with E-state index in [9.17, 15) is 5.11 Å². The molecule has 2 fully saturated rings. The topological polar surface area (TPSA) is 29.5 Å². The molecule has 1 N–H and O–H groups in total. The molecule has 0 radical (unpaired) electrons. The summed E-state index contributed by atoms with van der Waals surface area (Å²) in [7, 11) is 0. The van der Waals surface area contributed by atoms with Crippen LogP contribution in [0.3, 0.4) is 0 Å². The van der Waals surface area contributed by atoms with Crippen LogP contribution in [0.4, 0.5) is 0 Å². The number of aliphatic hydroxyl groups is 1. The SMILES string of the molecule is CC1SCCC1(O)CC1CCOCC1. The highest BCUT2D eigenvalue weighted by atomic mass is 32.2. The van der Waals surface area contributed by atoms with Crippen molar-refractivity contribution in [2.24, 2.45) is 5.92 Å². The lowest BCUT2D eigenvalue weighted by molar-refractivity contribution is -0.00809. The van der Waals surface area contributed by atoms with Gasteiger partial charge in [0.2, 0.25) is 0 Å². The second kappa shape index (κ2) is 4.42. The van der Waals surface area contributed by atoms with Crippen molar-refractivity contribution >= 4 is 11.8 Å². The molecular weight excluding hydrogens is 196 g/mol. The summed E-state index contributed by atoms with van der Waals surface area (Å²) in [6, 6.07) is 0. The predicted molar refractivity (Wildman–Crippen MR) is 59.6 cm³/mol. The van der Waals surface area contributed by atoms with E-state index in [1.165, 1.54) is 0 Å². The van der Waals surface area contributed by atoms with Gasteiger partial charge < -0.3 is 9.84 Å². The Morgan fingerprint density at radius 2 is 2.14 bits per heavy atom. The molecule has 0 aliphatic carbocycles. The van der Waals surface area contributed by atoms with Crippen LogP contribution in [0.1, 0.15) is 32.6 Å². The van der Waals surface area contributed by atoms with Crippen LogP contribution < -0.4 is 0 Å². The van der Waals surface area contributed by atoms with Gasteiger partial charge in [-0.15, -0.1) is 0 Å². The van der Waals surface area contributed by atoms with E-state index in [2.05, 4.69) is 6.92 Å². The summed E-state index contributed by atoms with van der Waals surface area (Å²) in [5, 5.41) is 10.9. The minimum Gasteiger partial charge on any atom is -0.389 e. The summed E-state index contributed by atoms with van der Waals surface area (Å²) in [4.78, 5) is 0. The molecule has 0 aromatic carbocycles. The molecule has 0 spiro atoms. The van der Waals surface area contributed by atoms with Crippen molar-refractivity contribution in [1.29, 1.82) is 0 Å². The van der Waals surface area contributed by atoms with Gasteiger partial charge in [-0.25, -0.2) is 0 Å². The highest BCUT2D eigenvalue weighted by Gasteiger charge is 2.40. The van der Waals surface area contributed by atoms with Crippen LogP contribution in [-0.2, 0) is 4.74 Å². The molecule has 2 aliphatic rings. The van der Waals surface area contributed by atoms with Crippen molar-refractivity contribution in [1.82, 2.24) is 0 Å². The van der Waals surface area contributed by atoms with Gasteiger partial charge in [-0.1, -0.05) is 6.92 Å². The van der Waals surface area contributed by atoms with Gasteiger partial charge in [-0.3, -0.25) is 0 Å². The van der Waals surface area contributed by atoms with Crippen LogP contribution >= 0.6 is 11.8 Å². The van der Waals surface area contributed by atoms with Crippen LogP contribution in [0.2, 0.25) is 0 Å². The first-order valence-electron chi connectivity index (χ1n) is 5.62. The molecule has 2 nitrogen and oxygen atoms in total. The van der Waals surface area contributed by atoms with Gasteiger partial charge in [0.25, 0.3) is 0 Å². The zero-order valence-electron chi connectivity index (χ0n) is 8.87. The number of hydrogen-bond donors (Lipinski definition) is 1. The van der Waals surface area contributed by atoms with E-state index in [1.807, 2.05) is 11.8 Å². The monoisotopic (exact) mass is 216 g/mol. The second-order valence-corrected chi connectivity index (χ2v) is 6.08. The van der Waals surface area contributed by atoms with Crippen LogP contribution in [0.5, 0.6) is 0 Å². The maximum atomic E-state index is 10.5. The summed E-state index contributed by atoms with van der Waals surface area (Å²) in [5.74, 6) is 1.82. The summed E-state index contributed by atoms with van der Waals surface area (Å²) in [6.45, 7) is 3.95. The van der Waals surface area contributed by atoms with Gasteiger partial charge in [0.15, 0.2) is 0 Å². The van der Waals surface area contributed by atoms with Crippen molar-refractivity contribution < 1.29 is 9.84 Å². The zero-order valence-corrected chi connectivity index (χ0v) is 9.68. The molecule has 3 heteroatoms. The normalized spacial score (nSPS) is 40.3. The van der Waals surface area contributed by atoms with E-state index in [1.54, 1.807) is 0 Å². The van der Waals surface area contributed by atoms with Crippen LogP contribution in [0, 0.1) is 5.92 Å². The first kappa shape index (κ1) is 10.8. The summed E-state index contributed by atoms with van der Waals surface area (Å²) in [6.07, 6.45) is 4.25. The maximum absolute atomic E-state index is 10.5. The Hall–Kier alpha value is 0.270. The van der Waals surface area contributed by atoms with Gasteiger partial charge in [0, 0.05) is 18.5 Å². The molecule has 2 unspecified atom stereocenters. The van der Waals surface area contributed by atoms with Crippen molar-refractivity contribution in [3.05, 3.63) is 0 Å². The first-order valence-corrected chi connectivity index (χ1v) is 6.67. The lowest BCUT2D eigenvalue weighted by Gasteiger charge is -2.33. The van der Waals surface area contributed by atoms with E-state index in [0.717, 1.165) is 44.6 Å². The third kappa shape index (κ3) is 2.26. The van der Waals surface area contributed by atoms with Crippen molar-refractivity contribution in [3.8, 4) is 0 Å². The van der Waals surface area contributed by atoms with Gasteiger partial charge >= 0.3 is 0 Å². The summed E-state index contributed by atoms with van der Waals surface area (Å²) in [5.41, 5.74) is -0.382. The Balaban J connectivity index is 1.88. The van der Waals surface area contributed by atoms with Gasteiger partial charge in [-0.05, 0) is 37.4 Å². The molecule has 2 atom stereocenters. The number of thioether (sulfide) groups is 1. The van der Waals surface area contributed by atoms with Gasteiger partial charge in [-0.2, -0.15) is 11.8 Å². The average Bonchev–Trinajstić information content (AvgIpc) is 2.48. The quantitative estimate of drug-likeness (QED) is 0.766. The van der Waals surface area contributed by atoms with E-state index in [0.29, 0.717) is 11.2 Å². The average molecular weight is 216 g/mol. The lowest BCUT2D eigenvalue weighted by Crippen LogP contribution is -2.38. The lowest BCUT2D eigenvalue weighted by atomic mass is 9.83. The zero-order chi connectivity index (χ0) is 10.0. The minimum absolute atomic E-state index is 0.382. The molecule has 2 saturated heterocycles. The van der Waals surface area contributed by atoms with Crippen molar-refractivity contribution in [2.45, 2.75) is 43.5 Å². The molecular formula is C11H20O2S. The fraction of sp³-hybridized carbons (Fsp3) is 1.00. The minimum atomic E-state index is -0.382. The molecule has 2 aliphatic heterocycles. The van der Waals surface area contributed by atoms with Crippen LogP contribution in [-0.4, -0.2) is 34.9 Å². The highest BCUT2D eigenvalue weighted by Crippen LogP contribution is 2.41. The van der Waals surface area contributed by atoms with Gasteiger partial charge in [0.05, 0.1) is 5.60 Å². The fourth-order valence-corrected chi connectivity index (χ4v) is 3.84. The molecule has 2 heterocycles. The van der Waals surface area contributed by atoms with E-state index in [4.69, 9.17) is 4.74 Å². The summed E-state index contributed by atoms with van der Waals surface area (Å²) >= 11 is 1.91. The van der Waals surface area contributed by atoms with Crippen LogP contribution in [0.15, 0.2) is 0 Å². The molecule has 2 rings (SSSR count). The maximum Gasteiger partial charge on any atom is 0.0773 e. The fourth-order valence-electron chi connectivity index (χ4n) is 2.49. The first-order chi connectivity index (χ1) is 6.71. The molecule has 0 aromatic rings. The van der Waals surface area contributed by atoms with Gasteiger partial charge in [0.1, 0.15) is 0 Å². The standard InChI is InChI=1S/C11H20O2S/c1-9-11(12,4-7-14-9)8-10-2-5-13-6-3-10/h9-10,12H,2-8H2,1H3. The van der Waals surface area contributed by atoms with Crippen molar-refractivity contribution in [3.63, 3.8) is 0 Å². The summed E-state index contributed by atoms with van der Waals surface area (Å²) < 4.78 is 5.34.